The van der Waals surface area contributed by atoms with Gasteiger partial charge in [-0.2, -0.15) is 0 Å². The highest BCUT2D eigenvalue weighted by molar-refractivity contribution is 6.27. The minimum absolute atomic E-state index is 0.0979. The normalized spacial score (nSPS) is 45.8. The van der Waals surface area contributed by atoms with Crippen molar-refractivity contribution in [3.63, 3.8) is 0 Å². The molecule has 0 aromatic heterocycles. The van der Waals surface area contributed by atoms with Gasteiger partial charge in [-0.05, 0) is 104 Å². The van der Waals surface area contributed by atoms with Crippen LogP contribution in [0.4, 0.5) is 0 Å². The van der Waals surface area contributed by atoms with Gasteiger partial charge in [-0.25, -0.2) is 0 Å². The number of nitrogens with one attached hydrogen (secondary N) is 2. The van der Waals surface area contributed by atoms with Gasteiger partial charge in [0, 0.05) is 6.54 Å². The molecule has 5 rings (SSSR count). The Labute approximate surface area is 208 Å². The maximum Gasteiger partial charge on any atom is 0.259 e. The smallest absolute Gasteiger partial charge is 0.259 e. The van der Waals surface area contributed by atoms with Gasteiger partial charge >= 0.3 is 0 Å². The number of carbonyl (C=O) groups is 3. The molecule has 9 atom stereocenters. The molecule has 3 aliphatic carbocycles. The number of hydrogen-bond acceptors (Lipinski definition) is 4. The van der Waals surface area contributed by atoms with Crippen LogP contribution in [0.2, 0.25) is 0 Å². The van der Waals surface area contributed by atoms with E-state index in [9.17, 15) is 19.5 Å². The van der Waals surface area contributed by atoms with Gasteiger partial charge in [-0.3, -0.25) is 14.4 Å². The van der Waals surface area contributed by atoms with E-state index in [1.807, 2.05) is 12.2 Å². The number of rotatable bonds is 1. The molecular formula is C29H40N2O4. The number of carbonyl (C=O) groups excluding carboxylic acids is 3. The molecule has 2 aliphatic heterocycles. The van der Waals surface area contributed by atoms with E-state index in [2.05, 4.69) is 24.5 Å². The maximum absolute atomic E-state index is 12.8. The summed E-state index contributed by atoms with van der Waals surface area (Å²) in [5.41, 5.74) is -0.123. The molecule has 6 nitrogen and oxygen atoms in total. The largest absolute Gasteiger partial charge is 0.507 e. The van der Waals surface area contributed by atoms with E-state index in [0.717, 1.165) is 42.4 Å². The summed E-state index contributed by atoms with van der Waals surface area (Å²) in [5.74, 6) is 4.12. The van der Waals surface area contributed by atoms with Gasteiger partial charge in [0.2, 0.25) is 5.91 Å². The molecule has 0 radical (unpaired) electrons. The van der Waals surface area contributed by atoms with Gasteiger partial charge < -0.3 is 15.7 Å². The molecule has 35 heavy (non-hydrogen) atoms. The van der Waals surface area contributed by atoms with Gasteiger partial charge in [0.1, 0.15) is 11.3 Å². The van der Waals surface area contributed by atoms with Crippen LogP contribution in [0.15, 0.2) is 35.6 Å². The zero-order valence-electron chi connectivity index (χ0n) is 21.0. The Hall–Kier alpha value is -2.37. The third-order valence-electron chi connectivity index (χ3n) is 10.1. The fraction of sp³-hybridized carbons (Fsp3) is 0.690. The Balaban J connectivity index is 1.43. The van der Waals surface area contributed by atoms with E-state index >= 15 is 0 Å². The Morgan fingerprint density at radius 2 is 1.86 bits per heavy atom. The van der Waals surface area contributed by atoms with Gasteiger partial charge in [0.25, 0.3) is 5.91 Å². The molecule has 2 heterocycles. The lowest BCUT2D eigenvalue weighted by Crippen LogP contribution is -2.34. The van der Waals surface area contributed by atoms with Crippen LogP contribution in [0.3, 0.4) is 0 Å². The second-order valence-corrected chi connectivity index (χ2v) is 11.7. The number of allylic oxidation sites excluding steroid dienone is 3. The average Bonchev–Trinajstić information content (AvgIpc) is 3.45. The molecular weight excluding hydrogens is 440 g/mol. The Kier molecular flexibility index (Phi) is 6.91. The second-order valence-electron chi connectivity index (χ2n) is 11.7. The Bertz CT molecular complexity index is 966. The van der Waals surface area contributed by atoms with Crippen molar-refractivity contribution in [1.29, 1.82) is 0 Å². The van der Waals surface area contributed by atoms with E-state index in [0.29, 0.717) is 31.2 Å². The van der Waals surface area contributed by atoms with Crippen LogP contribution in [-0.4, -0.2) is 35.3 Å². The third-order valence-corrected chi connectivity index (χ3v) is 10.1. The number of fused-ring (bicyclic) bond motifs is 7. The summed E-state index contributed by atoms with van der Waals surface area (Å²) in [6, 6.07) is -0.636. The molecule has 5 aliphatic rings. The quantitative estimate of drug-likeness (QED) is 0.489. The first-order valence-electron chi connectivity index (χ1n) is 13.8. The fourth-order valence-corrected chi connectivity index (χ4v) is 8.48. The molecule has 2 amide bonds. The van der Waals surface area contributed by atoms with Crippen molar-refractivity contribution in [2.75, 3.05) is 6.54 Å². The maximum atomic E-state index is 12.8. The number of aliphatic hydroxyl groups excluding tert-OH is 1. The molecule has 0 unspecified atom stereocenters. The molecule has 0 aromatic carbocycles. The van der Waals surface area contributed by atoms with Crippen molar-refractivity contribution < 1.29 is 19.5 Å². The van der Waals surface area contributed by atoms with Gasteiger partial charge in [-0.15, -0.1) is 0 Å². The SMILES string of the molecule is CC[C@H]1C[C@H]2C[C@@H]3[C@H](CC[C@@H]4/C=C/C(O)=C5/C(=O)N[C@@H](CCCNC(=O)/C=C\C[C@@H]34)C5=O)[C@H]2[C@@H]1C. The van der Waals surface area contributed by atoms with Crippen molar-refractivity contribution in [2.45, 2.75) is 71.3 Å². The van der Waals surface area contributed by atoms with Crippen LogP contribution in [0.5, 0.6) is 0 Å². The molecule has 4 fully saturated rings. The number of amides is 2. The van der Waals surface area contributed by atoms with E-state index in [4.69, 9.17) is 0 Å². The van der Waals surface area contributed by atoms with Crippen molar-refractivity contribution in [3.8, 4) is 0 Å². The third kappa shape index (κ3) is 4.49. The summed E-state index contributed by atoms with van der Waals surface area (Å²) >= 11 is 0. The zero-order valence-corrected chi connectivity index (χ0v) is 21.0. The molecule has 2 bridgehead atoms. The van der Waals surface area contributed by atoms with Crippen molar-refractivity contribution >= 4 is 17.6 Å². The first-order chi connectivity index (χ1) is 16.9. The van der Waals surface area contributed by atoms with E-state index < -0.39 is 11.9 Å². The first-order valence-corrected chi connectivity index (χ1v) is 13.8. The first kappa shape index (κ1) is 24.3. The highest BCUT2D eigenvalue weighted by Gasteiger charge is 2.55. The van der Waals surface area contributed by atoms with E-state index in [-0.39, 0.29) is 28.9 Å². The minimum Gasteiger partial charge on any atom is -0.507 e. The molecule has 6 heteroatoms. The topological polar surface area (TPSA) is 95.5 Å². The second kappa shape index (κ2) is 9.94. The van der Waals surface area contributed by atoms with Crippen molar-refractivity contribution in [2.24, 2.45) is 47.3 Å². The summed E-state index contributed by atoms with van der Waals surface area (Å²) in [6.07, 6.45) is 15.3. The van der Waals surface area contributed by atoms with E-state index in [1.165, 1.54) is 25.7 Å². The van der Waals surface area contributed by atoms with Crippen molar-refractivity contribution in [3.05, 3.63) is 35.6 Å². The number of Topliss-reactive ketones (excluding diaryl/α,β-unsaturated/α-hetero) is 1. The number of hydrogen-bond donors (Lipinski definition) is 3. The Morgan fingerprint density at radius 3 is 2.66 bits per heavy atom. The highest BCUT2D eigenvalue weighted by Crippen LogP contribution is 2.62. The number of ketones is 1. The van der Waals surface area contributed by atoms with Crippen LogP contribution in [0.25, 0.3) is 0 Å². The summed E-state index contributed by atoms with van der Waals surface area (Å²) in [6.45, 7) is 5.25. The molecule has 1 saturated heterocycles. The van der Waals surface area contributed by atoms with Crippen LogP contribution >= 0.6 is 0 Å². The number of aliphatic hydroxyl groups is 1. The van der Waals surface area contributed by atoms with Crippen LogP contribution < -0.4 is 10.6 Å². The van der Waals surface area contributed by atoms with E-state index in [1.54, 1.807) is 12.2 Å². The molecule has 0 aromatic rings. The summed E-state index contributed by atoms with van der Waals surface area (Å²) in [7, 11) is 0. The lowest BCUT2D eigenvalue weighted by molar-refractivity contribution is -0.118. The minimum atomic E-state index is -0.636. The molecule has 190 valence electrons. The summed E-state index contributed by atoms with van der Waals surface area (Å²) in [5, 5.41) is 16.3. The van der Waals surface area contributed by atoms with Gasteiger partial charge in [0.05, 0.1) is 6.04 Å². The molecule has 3 N–H and O–H groups in total. The Morgan fingerprint density at radius 1 is 1.03 bits per heavy atom. The van der Waals surface area contributed by atoms with Crippen molar-refractivity contribution in [1.82, 2.24) is 10.6 Å². The molecule has 3 saturated carbocycles. The zero-order chi connectivity index (χ0) is 24.7. The van der Waals surface area contributed by atoms with Crippen LogP contribution in [0.1, 0.15) is 65.2 Å². The van der Waals surface area contributed by atoms with Gasteiger partial charge in [-0.1, -0.05) is 32.4 Å². The van der Waals surface area contributed by atoms with Gasteiger partial charge in [0.15, 0.2) is 5.78 Å². The lowest BCUT2D eigenvalue weighted by Gasteiger charge is -2.42. The average molecular weight is 481 g/mol. The predicted molar refractivity (Wildman–Crippen MR) is 134 cm³/mol. The molecule has 0 spiro atoms. The fourth-order valence-electron chi connectivity index (χ4n) is 8.48. The van der Waals surface area contributed by atoms with Crippen LogP contribution in [0, 0.1) is 47.3 Å². The van der Waals surface area contributed by atoms with Crippen LogP contribution in [-0.2, 0) is 14.4 Å². The summed E-state index contributed by atoms with van der Waals surface area (Å²) in [4.78, 5) is 37.6. The highest BCUT2D eigenvalue weighted by atomic mass is 16.3. The monoisotopic (exact) mass is 480 g/mol. The lowest BCUT2D eigenvalue weighted by atomic mass is 9.63. The standard InChI is InChI=1S/C29H40N2O4/c1-3-17-14-19-15-22-20-6-4-8-25(33)30-13-5-7-23-28(34)27(29(35)31-23)24(32)12-10-18(20)9-11-21(22)26(19)16(17)2/h4,8,10,12,16-23,26,32H,3,5-7,9,11,13-15H2,1-2H3,(H,30,33)(H,31,35)/b8-4-,12-10+,27-24-/t16-,17+,18-,19+,20-,21+,22+,23+,26+/m1/s1. The summed E-state index contributed by atoms with van der Waals surface area (Å²) < 4.78 is 0. The predicted octanol–water partition coefficient (Wildman–Crippen LogP) is 4.24.